The number of guanidine groups is 1. The van der Waals surface area contributed by atoms with E-state index in [1.165, 1.54) is 38.5 Å². The number of H-pyrrole nitrogens is 1. The van der Waals surface area contributed by atoms with Gasteiger partial charge in [-0.25, -0.2) is 4.99 Å². The molecule has 0 aliphatic heterocycles. The van der Waals surface area contributed by atoms with Gasteiger partial charge >= 0.3 is 0 Å². The van der Waals surface area contributed by atoms with E-state index in [2.05, 4.69) is 32.7 Å². The van der Waals surface area contributed by atoms with Gasteiger partial charge in [0.2, 0.25) is 0 Å². The van der Waals surface area contributed by atoms with E-state index < -0.39 is 0 Å². The maximum absolute atomic E-state index is 4.55. The van der Waals surface area contributed by atoms with E-state index in [0.29, 0.717) is 6.54 Å². The molecule has 1 aliphatic rings. The fourth-order valence-electron chi connectivity index (χ4n) is 2.78. The first-order chi connectivity index (χ1) is 9.88. The quantitative estimate of drug-likeness (QED) is 0.407. The number of rotatable bonds is 7. The molecule has 0 bridgehead atoms. The highest BCUT2D eigenvalue weighted by atomic mass is 15.2. The van der Waals surface area contributed by atoms with Crippen LogP contribution in [0.1, 0.15) is 51.1 Å². The summed E-state index contributed by atoms with van der Waals surface area (Å²) >= 11 is 0. The lowest BCUT2D eigenvalue weighted by Crippen LogP contribution is -2.37. The van der Waals surface area contributed by atoms with Crippen LogP contribution in [0.3, 0.4) is 0 Å². The molecule has 3 N–H and O–H groups in total. The summed E-state index contributed by atoms with van der Waals surface area (Å²) in [5.74, 6) is 1.87. The van der Waals surface area contributed by atoms with Crippen molar-refractivity contribution in [2.75, 3.05) is 13.1 Å². The van der Waals surface area contributed by atoms with Crippen molar-refractivity contribution in [1.82, 2.24) is 20.8 Å². The number of aromatic nitrogens is 2. The molecule has 1 heterocycles. The maximum atomic E-state index is 4.55. The molecule has 0 atom stereocenters. The molecule has 112 valence electrons. The fraction of sp³-hybridized carbons (Fsp3) is 0.733. The van der Waals surface area contributed by atoms with Crippen LogP contribution < -0.4 is 10.6 Å². The largest absolute Gasteiger partial charge is 0.357 e. The molecule has 2 rings (SSSR count). The van der Waals surface area contributed by atoms with Crippen LogP contribution in [0.5, 0.6) is 0 Å². The van der Waals surface area contributed by atoms with Crippen LogP contribution in [-0.4, -0.2) is 29.2 Å². The van der Waals surface area contributed by atoms with Gasteiger partial charge in [-0.3, -0.25) is 5.10 Å². The van der Waals surface area contributed by atoms with E-state index in [4.69, 9.17) is 0 Å². The molecule has 1 aromatic heterocycles. The summed E-state index contributed by atoms with van der Waals surface area (Å²) in [5.41, 5.74) is 1.04. The lowest BCUT2D eigenvalue weighted by molar-refractivity contribution is 0.481. The molecule has 0 spiro atoms. The van der Waals surface area contributed by atoms with Gasteiger partial charge in [-0.2, -0.15) is 5.10 Å². The Labute approximate surface area is 121 Å². The van der Waals surface area contributed by atoms with Crippen LogP contribution >= 0.6 is 0 Å². The topological polar surface area (TPSA) is 65.1 Å². The van der Waals surface area contributed by atoms with Crippen LogP contribution in [0, 0.1) is 5.92 Å². The minimum atomic E-state index is 0.637. The third-order valence-electron chi connectivity index (χ3n) is 3.87. The lowest BCUT2D eigenvalue weighted by atomic mass is 10.0. The van der Waals surface area contributed by atoms with Crippen molar-refractivity contribution in [3.63, 3.8) is 0 Å². The van der Waals surface area contributed by atoms with Crippen LogP contribution in [-0.2, 0) is 6.54 Å². The summed E-state index contributed by atoms with van der Waals surface area (Å²) in [4.78, 5) is 4.55. The van der Waals surface area contributed by atoms with Gasteiger partial charge in [0, 0.05) is 19.3 Å². The van der Waals surface area contributed by atoms with E-state index in [1.807, 2.05) is 6.07 Å². The van der Waals surface area contributed by atoms with Crippen LogP contribution in [0.4, 0.5) is 0 Å². The van der Waals surface area contributed by atoms with Crippen molar-refractivity contribution in [2.45, 2.75) is 52.0 Å². The highest BCUT2D eigenvalue weighted by molar-refractivity contribution is 5.79. The van der Waals surface area contributed by atoms with Crippen LogP contribution in [0.15, 0.2) is 17.3 Å². The monoisotopic (exact) mass is 277 g/mol. The molecule has 0 unspecified atom stereocenters. The first-order valence-corrected chi connectivity index (χ1v) is 7.89. The van der Waals surface area contributed by atoms with Crippen LogP contribution in [0.2, 0.25) is 0 Å². The Kier molecular flexibility index (Phi) is 6.41. The predicted molar refractivity (Wildman–Crippen MR) is 82.6 cm³/mol. The molecular weight excluding hydrogens is 250 g/mol. The molecule has 0 aromatic carbocycles. The molecule has 1 aromatic rings. The minimum Gasteiger partial charge on any atom is -0.357 e. The van der Waals surface area contributed by atoms with Gasteiger partial charge in [0.25, 0.3) is 0 Å². The Morgan fingerprint density at radius 1 is 1.40 bits per heavy atom. The summed E-state index contributed by atoms with van der Waals surface area (Å²) in [6.45, 7) is 4.62. The molecule has 5 heteroatoms. The highest BCUT2D eigenvalue weighted by Gasteiger charge is 2.13. The average molecular weight is 277 g/mol. The second kappa shape index (κ2) is 8.61. The van der Waals surface area contributed by atoms with Crippen molar-refractivity contribution in [3.8, 4) is 0 Å². The smallest absolute Gasteiger partial charge is 0.191 e. The van der Waals surface area contributed by atoms with Gasteiger partial charge in [0.1, 0.15) is 0 Å². The second-order valence-corrected chi connectivity index (χ2v) is 5.50. The molecular formula is C15H27N5. The summed E-state index contributed by atoms with van der Waals surface area (Å²) in [6.07, 6.45) is 10.1. The van der Waals surface area contributed by atoms with Crippen molar-refractivity contribution in [1.29, 1.82) is 0 Å². The Hall–Kier alpha value is -1.52. The Bertz CT molecular complexity index is 379. The molecule has 1 aliphatic carbocycles. The van der Waals surface area contributed by atoms with Crippen molar-refractivity contribution >= 4 is 5.96 Å². The zero-order chi connectivity index (χ0) is 14.0. The molecule has 1 saturated carbocycles. The standard InChI is InChI=1S/C15H27N5/c1-2-16-15(18-12-14-9-11-19-20-14)17-10-5-8-13-6-3-4-7-13/h9,11,13H,2-8,10,12H2,1H3,(H,19,20)(H2,16,17,18). The van der Waals surface area contributed by atoms with Gasteiger partial charge in [0.15, 0.2) is 5.96 Å². The molecule has 5 nitrogen and oxygen atoms in total. The number of nitrogens with one attached hydrogen (secondary N) is 3. The Morgan fingerprint density at radius 2 is 2.25 bits per heavy atom. The van der Waals surface area contributed by atoms with E-state index in [0.717, 1.165) is 30.7 Å². The van der Waals surface area contributed by atoms with Crippen LogP contribution in [0.25, 0.3) is 0 Å². The third kappa shape index (κ3) is 5.23. The molecule has 0 radical (unpaired) electrons. The van der Waals surface area contributed by atoms with E-state index in [9.17, 15) is 0 Å². The van der Waals surface area contributed by atoms with Gasteiger partial charge in [0.05, 0.1) is 12.2 Å². The Balaban J connectivity index is 1.66. The van der Waals surface area contributed by atoms with E-state index in [1.54, 1.807) is 6.20 Å². The predicted octanol–water partition coefficient (Wildman–Crippen LogP) is 2.44. The van der Waals surface area contributed by atoms with E-state index >= 15 is 0 Å². The average Bonchev–Trinajstić information content (AvgIpc) is 3.13. The first kappa shape index (κ1) is 14.9. The number of aromatic amines is 1. The SMILES string of the molecule is CCNC(=NCc1ccn[nH]1)NCCCC1CCCC1. The number of aliphatic imine (C=N–C) groups is 1. The molecule has 20 heavy (non-hydrogen) atoms. The van der Waals surface area contributed by atoms with Crippen molar-refractivity contribution in [2.24, 2.45) is 10.9 Å². The van der Waals surface area contributed by atoms with Gasteiger partial charge < -0.3 is 10.6 Å². The lowest BCUT2D eigenvalue weighted by Gasteiger charge is -2.12. The zero-order valence-corrected chi connectivity index (χ0v) is 12.5. The number of hydrogen-bond donors (Lipinski definition) is 3. The normalized spacial score (nSPS) is 16.6. The fourth-order valence-corrected chi connectivity index (χ4v) is 2.78. The number of nitrogens with zero attached hydrogens (tertiary/aromatic N) is 2. The van der Waals surface area contributed by atoms with E-state index in [-0.39, 0.29) is 0 Å². The van der Waals surface area contributed by atoms with Gasteiger partial charge in [-0.05, 0) is 31.7 Å². The highest BCUT2D eigenvalue weighted by Crippen LogP contribution is 2.28. The molecule has 1 fully saturated rings. The third-order valence-corrected chi connectivity index (χ3v) is 3.87. The van der Waals surface area contributed by atoms with Gasteiger partial charge in [-0.1, -0.05) is 25.7 Å². The zero-order valence-electron chi connectivity index (χ0n) is 12.5. The summed E-state index contributed by atoms with van der Waals surface area (Å²) < 4.78 is 0. The van der Waals surface area contributed by atoms with Crippen molar-refractivity contribution in [3.05, 3.63) is 18.0 Å². The summed E-state index contributed by atoms with van der Waals surface area (Å²) in [5, 5.41) is 13.5. The summed E-state index contributed by atoms with van der Waals surface area (Å²) in [7, 11) is 0. The minimum absolute atomic E-state index is 0.637. The number of hydrogen-bond acceptors (Lipinski definition) is 2. The maximum Gasteiger partial charge on any atom is 0.191 e. The Morgan fingerprint density at radius 3 is 2.95 bits per heavy atom. The van der Waals surface area contributed by atoms with Crippen molar-refractivity contribution < 1.29 is 0 Å². The summed E-state index contributed by atoms with van der Waals surface area (Å²) in [6, 6.07) is 1.95. The van der Waals surface area contributed by atoms with Gasteiger partial charge in [-0.15, -0.1) is 0 Å². The molecule has 0 amide bonds. The first-order valence-electron chi connectivity index (χ1n) is 7.89. The molecule has 0 saturated heterocycles. The second-order valence-electron chi connectivity index (χ2n) is 5.50.